The summed E-state index contributed by atoms with van der Waals surface area (Å²) < 4.78 is 0. The monoisotopic (exact) mass is 200 g/mol. The molecule has 0 aromatic carbocycles. The third-order valence-electron chi connectivity index (χ3n) is 1.75. The van der Waals surface area contributed by atoms with Crippen LogP contribution in [0, 0.1) is 0 Å². The Morgan fingerprint density at radius 1 is 1.00 bits per heavy atom. The van der Waals surface area contributed by atoms with Crippen LogP contribution in [0.4, 0.5) is 0 Å². The van der Waals surface area contributed by atoms with Crippen LogP contribution in [0.3, 0.4) is 0 Å². The molecule has 0 aromatic rings. The lowest BCUT2D eigenvalue weighted by atomic mass is 10.2. The maximum Gasteiger partial charge on any atom is 0.220 e. The molecule has 0 spiro atoms. The summed E-state index contributed by atoms with van der Waals surface area (Å²) in [4.78, 5) is 22.0. The van der Waals surface area contributed by atoms with Crippen molar-refractivity contribution < 1.29 is 9.59 Å². The zero-order valence-electron chi connectivity index (χ0n) is 9.06. The number of nitrogens with one attached hydrogen (secondary N) is 2. The smallest absolute Gasteiger partial charge is 0.220 e. The molecule has 0 saturated heterocycles. The minimum absolute atomic E-state index is 0.0530. The van der Waals surface area contributed by atoms with Crippen LogP contribution < -0.4 is 10.6 Å². The second kappa shape index (κ2) is 8.53. The van der Waals surface area contributed by atoms with E-state index in [1.54, 1.807) is 0 Å². The third-order valence-corrected chi connectivity index (χ3v) is 1.75. The van der Waals surface area contributed by atoms with Crippen LogP contribution in [0.2, 0.25) is 0 Å². The highest BCUT2D eigenvalue weighted by Crippen LogP contribution is 1.89. The molecule has 2 N–H and O–H groups in total. The van der Waals surface area contributed by atoms with E-state index in [-0.39, 0.29) is 11.8 Å². The largest absolute Gasteiger partial charge is 0.356 e. The first-order valence-electron chi connectivity index (χ1n) is 5.24. The maximum atomic E-state index is 11.0. The summed E-state index contributed by atoms with van der Waals surface area (Å²) in [6, 6.07) is 0. The van der Waals surface area contributed by atoms with E-state index < -0.39 is 0 Å². The Balaban J connectivity index is 3.28. The highest BCUT2D eigenvalue weighted by atomic mass is 16.2. The molecule has 0 bridgehead atoms. The molecular weight excluding hydrogens is 180 g/mol. The van der Waals surface area contributed by atoms with Crippen LogP contribution in [-0.4, -0.2) is 24.9 Å². The van der Waals surface area contributed by atoms with Crippen LogP contribution >= 0.6 is 0 Å². The molecule has 0 aromatic heterocycles. The molecule has 2 amide bonds. The summed E-state index contributed by atoms with van der Waals surface area (Å²) in [6.07, 6.45) is 2.63. The first kappa shape index (κ1) is 12.9. The van der Waals surface area contributed by atoms with Gasteiger partial charge in [-0.1, -0.05) is 6.92 Å². The van der Waals surface area contributed by atoms with E-state index in [1.165, 1.54) is 0 Å². The van der Waals surface area contributed by atoms with Crippen LogP contribution in [0.25, 0.3) is 0 Å². The van der Waals surface area contributed by atoms with Gasteiger partial charge in [0, 0.05) is 25.9 Å². The van der Waals surface area contributed by atoms with Crippen LogP contribution in [0.1, 0.15) is 39.5 Å². The van der Waals surface area contributed by atoms with E-state index in [0.717, 1.165) is 6.42 Å². The maximum absolute atomic E-state index is 11.0. The van der Waals surface area contributed by atoms with E-state index in [4.69, 9.17) is 0 Å². The van der Waals surface area contributed by atoms with Gasteiger partial charge in [-0.05, 0) is 19.8 Å². The molecule has 0 heterocycles. The predicted octanol–water partition coefficient (Wildman–Crippen LogP) is 0.819. The summed E-state index contributed by atoms with van der Waals surface area (Å²) in [5.41, 5.74) is 0. The standard InChI is InChI=1S/C10H20N2O2/c1-3-6-9(13)12-8-5-7-10(14)11-4-2/h3-8H2,1-2H3,(H,11,14)(H,12,13). The van der Waals surface area contributed by atoms with Crippen molar-refractivity contribution in [3.8, 4) is 0 Å². The number of hydrogen-bond donors (Lipinski definition) is 2. The molecular formula is C10H20N2O2. The molecule has 0 unspecified atom stereocenters. The van der Waals surface area contributed by atoms with Gasteiger partial charge in [-0.15, -0.1) is 0 Å². The van der Waals surface area contributed by atoms with Crippen LogP contribution in [-0.2, 0) is 9.59 Å². The van der Waals surface area contributed by atoms with Crippen molar-refractivity contribution in [1.82, 2.24) is 10.6 Å². The number of rotatable bonds is 7. The molecule has 0 atom stereocenters. The van der Waals surface area contributed by atoms with Gasteiger partial charge in [-0.3, -0.25) is 9.59 Å². The van der Waals surface area contributed by atoms with Crippen molar-refractivity contribution in [3.05, 3.63) is 0 Å². The minimum Gasteiger partial charge on any atom is -0.356 e. The number of hydrogen-bond acceptors (Lipinski definition) is 2. The van der Waals surface area contributed by atoms with Crippen molar-refractivity contribution in [3.63, 3.8) is 0 Å². The average Bonchev–Trinajstić information content (AvgIpc) is 2.13. The Kier molecular flexibility index (Phi) is 7.89. The van der Waals surface area contributed by atoms with E-state index in [0.29, 0.717) is 32.4 Å². The van der Waals surface area contributed by atoms with Gasteiger partial charge in [0.25, 0.3) is 0 Å². The highest BCUT2D eigenvalue weighted by Gasteiger charge is 2.00. The normalized spacial score (nSPS) is 9.57. The fraction of sp³-hybridized carbons (Fsp3) is 0.800. The molecule has 0 fully saturated rings. The summed E-state index contributed by atoms with van der Waals surface area (Å²) in [5.74, 6) is 0.126. The highest BCUT2D eigenvalue weighted by molar-refractivity contribution is 5.76. The Morgan fingerprint density at radius 2 is 1.64 bits per heavy atom. The van der Waals surface area contributed by atoms with Gasteiger partial charge in [-0.25, -0.2) is 0 Å². The number of amides is 2. The van der Waals surface area contributed by atoms with E-state index >= 15 is 0 Å². The molecule has 0 rings (SSSR count). The van der Waals surface area contributed by atoms with Gasteiger partial charge in [0.15, 0.2) is 0 Å². The molecule has 0 radical (unpaired) electrons. The second-order valence-corrected chi connectivity index (χ2v) is 3.16. The molecule has 0 saturated carbocycles. The Hall–Kier alpha value is -1.06. The average molecular weight is 200 g/mol. The lowest BCUT2D eigenvalue weighted by molar-refractivity contribution is -0.122. The van der Waals surface area contributed by atoms with Gasteiger partial charge in [0.05, 0.1) is 0 Å². The summed E-state index contributed by atoms with van der Waals surface area (Å²) in [7, 11) is 0. The van der Waals surface area contributed by atoms with Crippen LogP contribution in [0.15, 0.2) is 0 Å². The lowest BCUT2D eigenvalue weighted by Crippen LogP contribution is -2.27. The van der Waals surface area contributed by atoms with Gasteiger partial charge >= 0.3 is 0 Å². The molecule has 4 heteroatoms. The molecule has 0 aliphatic rings. The quantitative estimate of drug-likeness (QED) is 0.598. The lowest BCUT2D eigenvalue weighted by Gasteiger charge is -2.04. The molecule has 4 nitrogen and oxygen atoms in total. The van der Waals surface area contributed by atoms with Crippen molar-refractivity contribution in [2.45, 2.75) is 39.5 Å². The molecule has 82 valence electrons. The second-order valence-electron chi connectivity index (χ2n) is 3.16. The van der Waals surface area contributed by atoms with Gasteiger partial charge in [0.2, 0.25) is 11.8 Å². The Bertz CT molecular complexity index is 161. The van der Waals surface area contributed by atoms with Crippen molar-refractivity contribution in [2.24, 2.45) is 0 Å². The molecule has 0 aliphatic heterocycles. The predicted molar refractivity (Wildman–Crippen MR) is 55.8 cm³/mol. The fourth-order valence-electron chi connectivity index (χ4n) is 1.08. The molecule has 14 heavy (non-hydrogen) atoms. The van der Waals surface area contributed by atoms with Crippen molar-refractivity contribution in [1.29, 1.82) is 0 Å². The first-order chi connectivity index (χ1) is 6.70. The van der Waals surface area contributed by atoms with Gasteiger partial charge in [0.1, 0.15) is 0 Å². The Morgan fingerprint density at radius 3 is 2.21 bits per heavy atom. The Labute approximate surface area is 85.4 Å². The van der Waals surface area contributed by atoms with E-state index in [1.807, 2.05) is 13.8 Å². The first-order valence-corrected chi connectivity index (χ1v) is 5.24. The topological polar surface area (TPSA) is 58.2 Å². The third kappa shape index (κ3) is 7.58. The van der Waals surface area contributed by atoms with Gasteiger partial charge in [-0.2, -0.15) is 0 Å². The summed E-state index contributed by atoms with van der Waals surface area (Å²) in [6.45, 7) is 5.12. The number of carbonyl (C=O) groups excluding carboxylic acids is 2. The van der Waals surface area contributed by atoms with Crippen molar-refractivity contribution >= 4 is 11.8 Å². The van der Waals surface area contributed by atoms with E-state index in [9.17, 15) is 9.59 Å². The zero-order chi connectivity index (χ0) is 10.8. The SMILES string of the molecule is CCCC(=O)NCCCC(=O)NCC. The van der Waals surface area contributed by atoms with Crippen molar-refractivity contribution in [2.75, 3.05) is 13.1 Å². The van der Waals surface area contributed by atoms with Crippen LogP contribution in [0.5, 0.6) is 0 Å². The van der Waals surface area contributed by atoms with Gasteiger partial charge < -0.3 is 10.6 Å². The molecule has 0 aliphatic carbocycles. The number of carbonyl (C=O) groups is 2. The van der Waals surface area contributed by atoms with E-state index in [2.05, 4.69) is 10.6 Å². The zero-order valence-corrected chi connectivity index (χ0v) is 9.06. The minimum atomic E-state index is 0.0530. The summed E-state index contributed by atoms with van der Waals surface area (Å²) >= 11 is 0. The summed E-state index contributed by atoms with van der Waals surface area (Å²) in [5, 5.41) is 5.47. The fourth-order valence-corrected chi connectivity index (χ4v) is 1.08.